The first-order valence-electron chi connectivity index (χ1n) is 12.0. The second-order valence-corrected chi connectivity index (χ2v) is 13.5. The van der Waals surface area contributed by atoms with Gasteiger partial charge in [0.05, 0.1) is 17.9 Å². The zero-order chi connectivity index (χ0) is 26.8. The standard InChI is InChI=1S/C24H31ClN4O6S2/c1-27-12-14-28(15-13-27)36(31,32)21-8-6-20(7-9-21)26-24(30)18-4-3-11-29(17-18)37(33,34)23-16-19(25)5-10-22(23)35-2/h5-10,16,18H,3-4,11-15,17H2,1-2H3,(H,26,30). The Morgan fingerprint density at radius 2 is 1.62 bits per heavy atom. The van der Waals surface area contributed by atoms with Gasteiger partial charge in [0.2, 0.25) is 26.0 Å². The van der Waals surface area contributed by atoms with E-state index in [-0.39, 0.29) is 39.6 Å². The number of carbonyl (C=O) groups is 1. The number of benzene rings is 2. The largest absolute Gasteiger partial charge is 0.495 e. The van der Waals surface area contributed by atoms with Crippen molar-refractivity contribution in [2.24, 2.45) is 5.92 Å². The Labute approximate surface area is 223 Å². The fourth-order valence-electron chi connectivity index (χ4n) is 4.50. The Morgan fingerprint density at radius 1 is 0.946 bits per heavy atom. The van der Waals surface area contributed by atoms with E-state index in [2.05, 4.69) is 10.2 Å². The van der Waals surface area contributed by atoms with E-state index in [0.29, 0.717) is 44.7 Å². The van der Waals surface area contributed by atoms with Gasteiger partial charge in [0.1, 0.15) is 10.6 Å². The lowest BCUT2D eigenvalue weighted by atomic mass is 9.99. The minimum atomic E-state index is -3.93. The van der Waals surface area contributed by atoms with E-state index in [9.17, 15) is 21.6 Å². The van der Waals surface area contributed by atoms with Crippen LogP contribution in [0.4, 0.5) is 5.69 Å². The molecule has 2 heterocycles. The molecule has 0 aliphatic carbocycles. The van der Waals surface area contributed by atoms with Gasteiger partial charge in [-0.2, -0.15) is 8.61 Å². The predicted octanol–water partition coefficient (Wildman–Crippen LogP) is 2.32. The summed E-state index contributed by atoms with van der Waals surface area (Å²) in [7, 11) is -4.20. The topological polar surface area (TPSA) is 116 Å². The van der Waals surface area contributed by atoms with Gasteiger partial charge in [0.25, 0.3) is 0 Å². The Hall–Kier alpha value is -2.22. The number of hydrogen-bond acceptors (Lipinski definition) is 7. The predicted molar refractivity (Wildman–Crippen MR) is 141 cm³/mol. The number of amides is 1. The van der Waals surface area contributed by atoms with E-state index in [0.717, 1.165) is 0 Å². The third kappa shape index (κ3) is 6.10. The maximum atomic E-state index is 13.3. The number of nitrogens with one attached hydrogen (secondary N) is 1. The molecular formula is C24H31ClN4O6S2. The van der Waals surface area contributed by atoms with Gasteiger partial charge in [-0.15, -0.1) is 0 Å². The normalized spacial score (nSPS) is 20.5. The quantitative estimate of drug-likeness (QED) is 0.543. The van der Waals surface area contributed by atoms with E-state index in [1.165, 1.54) is 40.0 Å². The summed E-state index contributed by atoms with van der Waals surface area (Å²) in [6.07, 6.45) is 1.04. The molecule has 2 saturated heterocycles. The van der Waals surface area contributed by atoms with Crippen molar-refractivity contribution in [3.8, 4) is 5.75 Å². The van der Waals surface area contributed by atoms with Crippen molar-refractivity contribution in [2.75, 3.05) is 58.7 Å². The number of nitrogens with zero attached hydrogens (tertiary/aromatic N) is 3. The van der Waals surface area contributed by atoms with E-state index >= 15 is 0 Å². The number of ether oxygens (including phenoxy) is 1. The third-order valence-electron chi connectivity index (χ3n) is 6.72. The van der Waals surface area contributed by atoms with Gasteiger partial charge in [-0.1, -0.05) is 11.6 Å². The number of anilines is 1. The highest BCUT2D eigenvalue weighted by Crippen LogP contribution is 2.32. The van der Waals surface area contributed by atoms with Gasteiger partial charge in [-0.05, 0) is 62.4 Å². The molecule has 2 aromatic carbocycles. The molecule has 4 rings (SSSR count). The van der Waals surface area contributed by atoms with Crippen LogP contribution >= 0.6 is 11.6 Å². The fourth-order valence-corrected chi connectivity index (χ4v) is 7.86. The fraction of sp³-hybridized carbons (Fsp3) is 0.458. The molecule has 0 saturated carbocycles. The van der Waals surface area contributed by atoms with Crippen LogP contribution in [0.2, 0.25) is 5.02 Å². The number of piperidine rings is 1. The van der Waals surface area contributed by atoms with E-state index < -0.39 is 26.0 Å². The zero-order valence-corrected chi connectivity index (χ0v) is 23.2. The Kier molecular flexibility index (Phi) is 8.46. The highest BCUT2D eigenvalue weighted by molar-refractivity contribution is 7.89. The van der Waals surface area contributed by atoms with Crippen molar-refractivity contribution in [1.29, 1.82) is 0 Å². The molecule has 1 N–H and O–H groups in total. The van der Waals surface area contributed by atoms with Crippen LogP contribution in [0, 0.1) is 5.92 Å². The molecule has 2 aromatic rings. The first-order valence-corrected chi connectivity index (χ1v) is 15.2. The summed E-state index contributed by atoms with van der Waals surface area (Å²) < 4.78 is 60.5. The van der Waals surface area contributed by atoms with Crippen LogP contribution in [0.15, 0.2) is 52.3 Å². The molecule has 1 amide bonds. The molecular weight excluding hydrogens is 540 g/mol. The van der Waals surface area contributed by atoms with E-state index in [1.54, 1.807) is 18.2 Å². The van der Waals surface area contributed by atoms with E-state index in [1.807, 2.05) is 7.05 Å². The number of sulfonamides is 2. The molecule has 0 spiro atoms. The second-order valence-electron chi connectivity index (χ2n) is 9.22. The molecule has 1 atom stereocenters. The van der Waals surface area contributed by atoms with Crippen molar-refractivity contribution in [2.45, 2.75) is 22.6 Å². The zero-order valence-electron chi connectivity index (χ0n) is 20.8. The lowest BCUT2D eigenvalue weighted by Crippen LogP contribution is -2.47. The molecule has 1 unspecified atom stereocenters. The summed E-state index contributed by atoms with van der Waals surface area (Å²) in [5.41, 5.74) is 0.443. The average molecular weight is 571 g/mol. The maximum Gasteiger partial charge on any atom is 0.246 e. The number of rotatable bonds is 7. The lowest BCUT2D eigenvalue weighted by molar-refractivity contribution is -0.120. The van der Waals surface area contributed by atoms with Crippen molar-refractivity contribution in [1.82, 2.24) is 13.5 Å². The molecule has 37 heavy (non-hydrogen) atoms. The average Bonchev–Trinajstić information content (AvgIpc) is 2.89. The van der Waals surface area contributed by atoms with Gasteiger partial charge in [-0.3, -0.25) is 4.79 Å². The summed E-state index contributed by atoms with van der Waals surface area (Å²) >= 11 is 6.03. The van der Waals surface area contributed by atoms with Crippen LogP contribution in [-0.2, 0) is 24.8 Å². The first kappa shape index (κ1) is 27.8. The molecule has 2 aliphatic rings. The SMILES string of the molecule is COc1ccc(Cl)cc1S(=O)(=O)N1CCCC(C(=O)Nc2ccc(S(=O)(=O)N3CCN(C)CC3)cc2)C1. The number of likely N-dealkylation sites (N-methyl/N-ethyl adjacent to an activating group) is 1. The minimum Gasteiger partial charge on any atom is -0.495 e. The lowest BCUT2D eigenvalue weighted by Gasteiger charge is -2.32. The number of halogens is 1. The van der Waals surface area contributed by atoms with Crippen LogP contribution in [0.3, 0.4) is 0 Å². The maximum absolute atomic E-state index is 13.3. The van der Waals surface area contributed by atoms with Crippen LogP contribution in [0.5, 0.6) is 5.75 Å². The number of methoxy groups -OCH3 is 1. The monoisotopic (exact) mass is 570 g/mol. The van der Waals surface area contributed by atoms with Crippen LogP contribution < -0.4 is 10.1 Å². The van der Waals surface area contributed by atoms with Crippen LogP contribution in [0.25, 0.3) is 0 Å². The number of piperazine rings is 1. The molecule has 2 aliphatic heterocycles. The highest BCUT2D eigenvalue weighted by atomic mass is 35.5. The van der Waals surface area contributed by atoms with Crippen molar-refractivity contribution >= 4 is 43.2 Å². The highest BCUT2D eigenvalue weighted by Gasteiger charge is 2.35. The molecule has 2 fully saturated rings. The van der Waals surface area contributed by atoms with Gasteiger partial charge in [0.15, 0.2) is 0 Å². The van der Waals surface area contributed by atoms with Gasteiger partial charge < -0.3 is 15.0 Å². The van der Waals surface area contributed by atoms with Gasteiger partial charge in [0, 0.05) is 50.0 Å². The van der Waals surface area contributed by atoms with Gasteiger partial charge in [-0.25, -0.2) is 16.8 Å². The third-order valence-corrected chi connectivity index (χ3v) is 10.8. The number of carbonyl (C=O) groups excluding carboxylic acids is 1. The van der Waals surface area contributed by atoms with E-state index in [4.69, 9.17) is 16.3 Å². The number of hydrogen-bond donors (Lipinski definition) is 1. The Morgan fingerprint density at radius 3 is 2.27 bits per heavy atom. The smallest absolute Gasteiger partial charge is 0.246 e. The van der Waals surface area contributed by atoms with Crippen molar-refractivity contribution in [3.05, 3.63) is 47.5 Å². The van der Waals surface area contributed by atoms with Crippen LogP contribution in [0.1, 0.15) is 12.8 Å². The summed E-state index contributed by atoms with van der Waals surface area (Å²) in [5.74, 6) is -0.710. The summed E-state index contributed by atoms with van der Waals surface area (Å²) in [5, 5.41) is 3.07. The molecule has 0 radical (unpaired) electrons. The first-order chi connectivity index (χ1) is 17.5. The molecule has 13 heteroatoms. The summed E-state index contributed by atoms with van der Waals surface area (Å²) in [4.78, 5) is 15.2. The minimum absolute atomic E-state index is 0.0136. The Bertz CT molecular complexity index is 1340. The second kappa shape index (κ2) is 11.3. The summed E-state index contributed by atoms with van der Waals surface area (Å²) in [6, 6.07) is 10.4. The van der Waals surface area contributed by atoms with Gasteiger partial charge >= 0.3 is 0 Å². The Balaban J connectivity index is 1.43. The van der Waals surface area contributed by atoms with Crippen molar-refractivity contribution in [3.63, 3.8) is 0 Å². The van der Waals surface area contributed by atoms with Crippen LogP contribution in [-0.4, -0.2) is 89.7 Å². The summed E-state index contributed by atoms with van der Waals surface area (Å²) in [6.45, 7) is 2.50. The molecule has 0 bridgehead atoms. The van der Waals surface area contributed by atoms with Crippen molar-refractivity contribution < 1.29 is 26.4 Å². The molecule has 202 valence electrons. The molecule has 0 aromatic heterocycles. The molecule has 10 nitrogen and oxygen atoms in total.